The highest BCUT2D eigenvalue weighted by molar-refractivity contribution is 9.10. The maximum atomic E-state index is 11.7. The molecule has 0 bridgehead atoms. The highest BCUT2D eigenvalue weighted by atomic mass is 79.9. The number of carbonyl (C=O) groups is 2. The van der Waals surface area contributed by atoms with Gasteiger partial charge in [0.05, 0.1) is 16.7 Å². The number of nitro groups is 1. The molecule has 0 unspecified atom stereocenters. The smallest absolute Gasteiger partial charge is 0.318 e. The quantitative estimate of drug-likeness (QED) is 0.361. The van der Waals surface area contributed by atoms with Gasteiger partial charge in [-0.3, -0.25) is 19.7 Å². The zero-order valence-corrected chi connectivity index (χ0v) is 13.7. The molecule has 0 aliphatic heterocycles. The summed E-state index contributed by atoms with van der Waals surface area (Å²) in [6.07, 6.45) is 1.10. The first-order valence-electron chi connectivity index (χ1n) is 6.61. The number of halogens is 1. The molecular formula is C15H11BrN4O4. The van der Waals surface area contributed by atoms with Gasteiger partial charge in [-0.15, -0.1) is 0 Å². The molecule has 2 aromatic rings. The van der Waals surface area contributed by atoms with Crippen molar-refractivity contribution in [2.75, 3.05) is 5.32 Å². The minimum absolute atomic E-state index is 0.158. The van der Waals surface area contributed by atoms with E-state index in [-0.39, 0.29) is 11.3 Å². The summed E-state index contributed by atoms with van der Waals surface area (Å²) in [5, 5.41) is 16.8. The second-order valence-corrected chi connectivity index (χ2v) is 5.39. The standard InChI is InChI=1S/C15H11BrN4O4/c16-11-5-7-12(8-6-11)18-14(21)15(22)19-17-9-10-3-1-2-4-13(10)20(23)24/h1-9H,(H,18,21)(H,19,22)/b17-9-. The summed E-state index contributed by atoms with van der Waals surface area (Å²) in [4.78, 5) is 33.6. The fourth-order valence-corrected chi connectivity index (χ4v) is 1.96. The molecule has 24 heavy (non-hydrogen) atoms. The Morgan fingerprint density at radius 1 is 1.08 bits per heavy atom. The second kappa shape index (κ2) is 7.97. The van der Waals surface area contributed by atoms with E-state index in [0.717, 1.165) is 10.7 Å². The number of anilines is 1. The van der Waals surface area contributed by atoms with Gasteiger partial charge in [-0.25, -0.2) is 5.43 Å². The monoisotopic (exact) mass is 390 g/mol. The highest BCUT2D eigenvalue weighted by Gasteiger charge is 2.13. The SMILES string of the molecule is O=C(N/N=C\c1ccccc1[N+](=O)[O-])C(=O)Nc1ccc(Br)cc1. The minimum atomic E-state index is -0.993. The fraction of sp³-hybridized carbons (Fsp3) is 0. The Kier molecular flexibility index (Phi) is 5.74. The molecule has 2 rings (SSSR count). The third kappa shape index (κ3) is 4.71. The topological polar surface area (TPSA) is 114 Å². The summed E-state index contributed by atoms with van der Waals surface area (Å²) in [7, 11) is 0. The maximum Gasteiger partial charge on any atom is 0.329 e. The average molecular weight is 391 g/mol. The summed E-state index contributed by atoms with van der Waals surface area (Å²) >= 11 is 3.25. The number of nitro benzene ring substituents is 1. The molecule has 122 valence electrons. The van der Waals surface area contributed by atoms with E-state index in [4.69, 9.17) is 0 Å². The van der Waals surface area contributed by atoms with Crippen LogP contribution in [0.4, 0.5) is 11.4 Å². The van der Waals surface area contributed by atoms with E-state index in [1.54, 1.807) is 30.3 Å². The molecule has 2 amide bonds. The summed E-state index contributed by atoms with van der Waals surface area (Å²) in [6.45, 7) is 0. The molecule has 8 nitrogen and oxygen atoms in total. The van der Waals surface area contributed by atoms with Gasteiger partial charge in [0.1, 0.15) is 0 Å². The van der Waals surface area contributed by atoms with Gasteiger partial charge in [-0.05, 0) is 30.3 Å². The lowest BCUT2D eigenvalue weighted by molar-refractivity contribution is -0.385. The number of nitrogens with zero attached hydrogens (tertiary/aromatic N) is 2. The van der Waals surface area contributed by atoms with Crippen molar-refractivity contribution < 1.29 is 14.5 Å². The average Bonchev–Trinajstić information content (AvgIpc) is 2.57. The van der Waals surface area contributed by atoms with Crippen molar-refractivity contribution in [1.29, 1.82) is 0 Å². The van der Waals surface area contributed by atoms with Crippen molar-refractivity contribution in [2.24, 2.45) is 5.10 Å². The predicted molar refractivity (Wildman–Crippen MR) is 91.6 cm³/mol. The Balaban J connectivity index is 1.96. The Bertz CT molecular complexity index is 805. The van der Waals surface area contributed by atoms with Crippen LogP contribution in [0.3, 0.4) is 0 Å². The van der Waals surface area contributed by atoms with Crippen LogP contribution in [0.25, 0.3) is 0 Å². The van der Waals surface area contributed by atoms with Gasteiger partial charge in [0, 0.05) is 16.2 Å². The fourth-order valence-electron chi connectivity index (χ4n) is 1.70. The lowest BCUT2D eigenvalue weighted by Crippen LogP contribution is -2.32. The van der Waals surface area contributed by atoms with Crippen molar-refractivity contribution in [3.8, 4) is 0 Å². The Morgan fingerprint density at radius 3 is 2.42 bits per heavy atom. The minimum Gasteiger partial charge on any atom is -0.318 e. The van der Waals surface area contributed by atoms with Gasteiger partial charge in [-0.2, -0.15) is 5.10 Å². The number of hydrazone groups is 1. The van der Waals surface area contributed by atoms with Gasteiger partial charge in [0.25, 0.3) is 5.69 Å². The van der Waals surface area contributed by atoms with Crippen LogP contribution in [0.1, 0.15) is 5.56 Å². The molecule has 0 spiro atoms. The van der Waals surface area contributed by atoms with E-state index in [1.807, 2.05) is 5.43 Å². The maximum absolute atomic E-state index is 11.7. The van der Waals surface area contributed by atoms with Crippen LogP contribution in [0.5, 0.6) is 0 Å². The number of hydrogen-bond donors (Lipinski definition) is 2. The molecule has 0 heterocycles. The number of para-hydroxylation sites is 1. The zero-order valence-electron chi connectivity index (χ0n) is 12.1. The van der Waals surface area contributed by atoms with E-state index in [9.17, 15) is 19.7 Å². The Morgan fingerprint density at radius 2 is 1.75 bits per heavy atom. The van der Waals surface area contributed by atoms with E-state index in [1.165, 1.54) is 18.2 Å². The number of amides is 2. The van der Waals surface area contributed by atoms with Gasteiger partial charge in [0.2, 0.25) is 0 Å². The second-order valence-electron chi connectivity index (χ2n) is 4.48. The molecule has 2 aromatic carbocycles. The summed E-state index contributed by atoms with van der Waals surface area (Å²) in [5.74, 6) is -1.90. The Hall–Kier alpha value is -3.07. The van der Waals surface area contributed by atoms with Crippen LogP contribution < -0.4 is 10.7 Å². The number of benzene rings is 2. The number of hydrogen-bond acceptors (Lipinski definition) is 5. The van der Waals surface area contributed by atoms with E-state index >= 15 is 0 Å². The summed E-state index contributed by atoms with van der Waals surface area (Å²) < 4.78 is 0.832. The number of rotatable bonds is 4. The van der Waals surface area contributed by atoms with E-state index < -0.39 is 16.7 Å². The largest absolute Gasteiger partial charge is 0.329 e. The van der Waals surface area contributed by atoms with Crippen molar-refractivity contribution >= 4 is 45.3 Å². The molecule has 0 aliphatic carbocycles. The highest BCUT2D eigenvalue weighted by Crippen LogP contribution is 2.15. The first-order valence-corrected chi connectivity index (χ1v) is 7.40. The van der Waals surface area contributed by atoms with Crippen molar-refractivity contribution in [3.63, 3.8) is 0 Å². The van der Waals surface area contributed by atoms with Gasteiger partial charge in [-0.1, -0.05) is 28.1 Å². The van der Waals surface area contributed by atoms with E-state index in [2.05, 4.69) is 26.3 Å². The van der Waals surface area contributed by atoms with Crippen LogP contribution in [0.2, 0.25) is 0 Å². The van der Waals surface area contributed by atoms with Crippen LogP contribution in [-0.4, -0.2) is 23.0 Å². The molecule has 9 heteroatoms. The van der Waals surface area contributed by atoms with Crippen molar-refractivity contribution in [2.45, 2.75) is 0 Å². The lowest BCUT2D eigenvalue weighted by atomic mass is 10.2. The van der Waals surface area contributed by atoms with E-state index in [0.29, 0.717) is 5.69 Å². The summed E-state index contributed by atoms with van der Waals surface area (Å²) in [6, 6.07) is 12.5. The molecular weight excluding hydrogens is 380 g/mol. The van der Waals surface area contributed by atoms with Gasteiger partial charge in [0.15, 0.2) is 0 Å². The summed E-state index contributed by atoms with van der Waals surface area (Å²) in [5.41, 5.74) is 2.51. The van der Waals surface area contributed by atoms with Crippen LogP contribution in [-0.2, 0) is 9.59 Å². The van der Waals surface area contributed by atoms with Crippen LogP contribution in [0.15, 0.2) is 58.1 Å². The zero-order chi connectivity index (χ0) is 17.5. The lowest BCUT2D eigenvalue weighted by Gasteiger charge is -2.03. The third-order valence-electron chi connectivity index (χ3n) is 2.81. The first-order chi connectivity index (χ1) is 11.5. The number of nitrogens with one attached hydrogen (secondary N) is 2. The van der Waals surface area contributed by atoms with Gasteiger partial charge >= 0.3 is 11.8 Å². The van der Waals surface area contributed by atoms with Crippen molar-refractivity contribution in [3.05, 3.63) is 68.7 Å². The molecule has 0 saturated carbocycles. The third-order valence-corrected chi connectivity index (χ3v) is 3.34. The van der Waals surface area contributed by atoms with Crippen LogP contribution >= 0.6 is 15.9 Å². The molecule has 2 N–H and O–H groups in total. The normalized spacial score (nSPS) is 10.4. The molecule has 0 saturated heterocycles. The molecule has 0 fully saturated rings. The molecule has 0 aromatic heterocycles. The number of carbonyl (C=O) groups excluding carboxylic acids is 2. The Labute approximate surface area is 144 Å². The molecule has 0 atom stereocenters. The van der Waals surface area contributed by atoms with Crippen LogP contribution in [0, 0.1) is 10.1 Å². The predicted octanol–water partition coefficient (Wildman–Crippen LogP) is 2.45. The molecule has 0 aliphatic rings. The van der Waals surface area contributed by atoms with Crippen molar-refractivity contribution in [1.82, 2.24) is 5.43 Å². The molecule has 0 radical (unpaired) electrons. The van der Waals surface area contributed by atoms with Gasteiger partial charge < -0.3 is 5.32 Å². The first kappa shape index (κ1) is 17.3.